The van der Waals surface area contributed by atoms with Crippen LogP contribution in [-0.2, 0) is 4.74 Å². The first-order chi connectivity index (χ1) is 8.65. The van der Waals surface area contributed by atoms with Crippen LogP contribution < -0.4 is 15.2 Å². The summed E-state index contributed by atoms with van der Waals surface area (Å²) in [6.45, 7) is 2.80. The first-order valence-electron chi connectivity index (χ1n) is 6.24. The highest BCUT2D eigenvalue weighted by atomic mass is 16.5. The normalized spacial score (nSPS) is 24.0. The van der Waals surface area contributed by atoms with Crippen LogP contribution in [0.2, 0.25) is 0 Å². The first-order valence-corrected chi connectivity index (χ1v) is 6.24. The van der Waals surface area contributed by atoms with Crippen molar-refractivity contribution in [2.24, 2.45) is 11.7 Å². The fourth-order valence-corrected chi connectivity index (χ4v) is 2.36. The van der Waals surface area contributed by atoms with Gasteiger partial charge in [-0.2, -0.15) is 0 Å². The second kappa shape index (κ2) is 5.59. The van der Waals surface area contributed by atoms with Crippen LogP contribution in [0.3, 0.4) is 0 Å². The summed E-state index contributed by atoms with van der Waals surface area (Å²) in [7, 11) is 3.36. The number of hydrogen-bond donors (Lipinski definition) is 1. The van der Waals surface area contributed by atoms with E-state index < -0.39 is 0 Å². The Morgan fingerprint density at radius 3 is 2.89 bits per heavy atom. The molecule has 0 aromatic heterocycles. The van der Waals surface area contributed by atoms with E-state index in [9.17, 15) is 0 Å². The number of hydrogen-bond acceptors (Lipinski definition) is 4. The lowest BCUT2D eigenvalue weighted by Crippen LogP contribution is -2.35. The number of methoxy groups -OCH3 is 2. The van der Waals surface area contributed by atoms with Crippen molar-refractivity contribution in [2.45, 2.75) is 25.5 Å². The van der Waals surface area contributed by atoms with Crippen molar-refractivity contribution >= 4 is 0 Å². The van der Waals surface area contributed by atoms with Gasteiger partial charge >= 0.3 is 0 Å². The van der Waals surface area contributed by atoms with Crippen LogP contribution in [0.1, 0.15) is 24.9 Å². The zero-order chi connectivity index (χ0) is 13.1. The molecule has 3 unspecified atom stereocenters. The number of benzene rings is 1. The summed E-state index contributed by atoms with van der Waals surface area (Å²) in [5.41, 5.74) is 7.24. The van der Waals surface area contributed by atoms with Crippen molar-refractivity contribution in [3.63, 3.8) is 0 Å². The minimum Gasteiger partial charge on any atom is -0.497 e. The van der Waals surface area contributed by atoms with Crippen molar-refractivity contribution in [1.29, 1.82) is 0 Å². The molecule has 1 aliphatic heterocycles. The van der Waals surface area contributed by atoms with Crippen LogP contribution in [0, 0.1) is 5.92 Å². The molecule has 0 saturated carbocycles. The number of ether oxygens (including phenoxy) is 3. The standard InChI is InChI=1S/C14H21NO3/c1-9(8-16-2)14-7-12(15)11-6-10(17-3)4-5-13(11)18-14/h4-6,9,12,14H,7-8,15H2,1-3H3. The van der Waals surface area contributed by atoms with Gasteiger partial charge in [-0.05, 0) is 18.2 Å². The van der Waals surface area contributed by atoms with Gasteiger partial charge in [0.1, 0.15) is 17.6 Å². The van der Waals surface area contributed by atoms with Gasteiger partial charge in [0.05, 0.1) is 13.7 Å². The average molecular weight is 251 g/mol. The molecule has 1 aliphatic rings. The highest BCUT2D eigenvalue weighted by Gasteiger charge is 2.29. The van der Waals surface area contributed by atoms with E-state index in [0.717, 1.165) is 23.5 Å². The van der Waals surface area contributed by atoms with Gasteiger partial charge in [-0.3, -0.25) is 0 Å². The molecular weight excluding hydrogens is 230 g/mol. The van der Waals surface area contributed by atoms with Crippen LogP contribution in [0.5, 0.6) is 11.5 Å². The third-order valence-corrected chi connectivity index (χ3v) is 3.45. The quantitative estimate of drug-likeness (QED) is 0.890. The van der Waals surface area contributed by atoms with E-state index in [-0.39, 0.29) is 12.1 Å². The predicted octanol–water partition coefficient (Wildman–Crippen LogP) is 2.13. The van der Waals surface area contributed by atoms with E-state index >= 15 is 0 Å². The van der Waals surface area contributed by atoms with Crippen LogP contribution in [0.4, 0.5) is 0 Å². The molecule has 3 atom stereocenters. The summed E-state index contributed by atoms with van der Waals surface area (Å²) in [4.78, 5) is 0. The van der Waals surface area contributed by atoms with Gasteiger partial charge in [0.25, 0.3) is 0 Å². The second-order valence-electron chi connectivity index (χ2n) is 4.83. The molecule has 0 spiro atoms. The lowest BCUT2D eigenvalue weighted by molar-refractivity contribution is 0.0537. The third kappa shape index (κ3) is 2.60. The minimum absolute atomic E-state index is 0.00634. The highest BCUT2D eigenvalue weighted by molar-refractivity contribution is 5.43. The van der Waals surface area contributed by atoms with E-state index in [1.165, 1.54) is 0 Å². The molecule has 0 saturated heterocycles. The molecule has 0 aliphatic carbocycles. The maximum atomic E-state index is 6.22. The summed E-state index contributed by atoms with van der Waals surface area (Å²) in [5.74, 6) is 2.01. The predicted molar refractivity (Wildman–Crippen MR) is 70.0 cm³/mol. The molecule has 0 radical (unpaired) electrons. The van der Waals surface area contributed by atoms with Crippen LogP contribution in [-0.4, -0.2) is 26.9 Å². The molecule has 0 bridgehead atoms. The van der Waals surface area contributed by atoms with E-state index in [1.54, 1.807) is 14.2 Å². The fraction of sp³-hybridized carbons (Fsp3) is 0.571. The van der Waals surface area contributed by atoms with Gasteiger partial charge in [0.2, 0.25) is 0 Å². The number of fused-ring (bicyclic) bond motifs is 1. The van der Waals surface area contributed by atoms with Gasteiger partial charge in [-0.1, -0.05) is 6.92 Å². The first kappa shape index (κ1) is 13.2. The summed E-state index contributed by atoms with van der Waals surface area (Å²) < 4.78 is 16.4. The van der Waals surface area contributed by atoms with Crippen molar-refractivity contribution in [3.05, 3.63) is 23.8 Å². The number of nitrogens with two attached hydrogens (primary N) is 1. The summed E-state index contributed by atoms with van der Waals surface area (Å²) in [6.07, 6.45) is 0.922. The Morgan fingerprint density at radius 1 is 1.44 bits per heavy atom. The smallest absolute Gasteiger partial charge is 0.124 e. The molecule has 1 heterocycles. The average Bonchev–Trinajstić information content (AvgIpc) is 2.38. The zero-order valence-corrected chi connectivity index (χ0v) is 11.2. The molecule has 2 rings (SSSR count). The molecule has 4 nitrogen and oxygen atoms in total. The van der Waals surface area contributed by atoms with E-state index in [1.807, 2.05) is 18.2 Å². The lowest BCUT2D eigenvalue weighted by atomic mass is 9.91. The fourth-order valence-electron chi connectivity index (χ4n) is 2.36. The maximum Gasteiger partial charge on any atom is 0.124 e. The Hall–Kier alpha value is -1.26. The van der Waals surface area contributed by atoms with Crippen molar-refractivity contribution in [3.8, 4) is 11.5 Å². The highest BCUT2D eigenvalue weighted by Crippen LogP contribution is 2.37. The molecule has 18 heavy (non-hydrogen) atoms. The Bertz CT molecular complexity index is 408. The van der Waals surface area contributed by atoms with E-state index in [4.69, 9.17) is 19.9 Å². The van der Waals surface area contributed by atoms with Crippen molar-refractivity contribution in [1.82, 2.24) is 0 Å². The Kier molecular flexibility index (Phi) is 4.09. The van der Waals surface area contributed by atoms with Crippen LogP contribution in [0.15, 0.2) is 18.2 Å². The molecule has 1 aromatic carbocycles. The van der Waals surface area contributed by atoms with Gasteiger partial charge in [-0.15, -0.1) is 0 Å². The Morgan fingerprint density at radius 2 is 2.22 bits per heavy atom. The Balaban J connectivity index is 2.18. The van der Waals surface area contributed by atoms with Crippen molar-refractivity contribution in [2.75, 3.05) is 20.8 Å². The molecular formula is C14H21NO3. The van der Waals surface area contributed by atoms with Crippen molar-refractivity contribution < 1.29 is 14.2 Å². The van der Waals surface area contributed by atoms with Crippen LogP contribution in [0.25, 0.3) is 0 Å². The molecule has 2 N–H and O–H groups in total. The molecule has 0 amide bonds. The van der Waals surface area contributed by atoms with Crippen LogP contribution >= 0.6 is 0 Å². The summed E-state index contributed by atoms with van der Waals surface area (Å²) in [5, 5.41) is 0. The SMILES string of the molecule is COCC(C)C1CC(N)c2cc(OC)ccc2O1. The van der Waals surface area contributed by atoms with E-state index in [0.29, 0.717) is 12.5 Å². The van der Waals surface area contributed by atoms with Gasteiger partial charge < -0.3 is 19.9 Å². The maximum absolute atomic E-state index is 6.22. The number of rotatable bonds is 4. The molecule has 100 valence electrons. The third-order valence-electron chi connectivity index (χ3n) is 3.45. The van der Waals surface area contributed by atoms with Gasteiger partial charge in [0, 0.05) is 31.1 Å². The topological polar surface area (TPSA) is 53.7 Å². The zero-order valence-electron chi connectivity index (χ0n) is 11.2. The van der Waals surface area contributed by atoms with Gasteiger partial charge in [0.15, 0.2) is 0 Å². The lowest BCUT2D eigenvalue weighted by Gasteiger charge is -2.33. The van der Waals surface area contributed by atoms with E-state index in [2.05, 4.69) is 6.92 Å². The largest absolute Gasteiger partial charge is 0.497 e. The Labute approximate surface area is 108 Å². The second-order valence-corrected chi connectivity index (χ2v) is 4.83. The molecule has 1 aromatic rings. The summed E-state index contributed by atoms with van der Waals surface area (Å²) >= 11 is 0. The molecule has 0 fully saturated rings. The van der Waals surface area contributed by atoms with Gasteiger partial charge in [-0.25, -0.2) is 0 Å². The summed E-state index contributed by atoms with van der Waals surface area (Å²) in [6, 6.07) is 5.78. The molecule has 4 heteroatoms. The monoisotopic (exact) mass is 251 g/mol. The minimum atomic E-state index is -0.00634.